The molecule has 6 heteroatoms. The van der Waals surface area contributed by atoms with E-state index >= 15 is 0 Å². The number of benzene rings is 1. The van der Waals surface area contributed by atoms with Crippen molar-refractivity contribution >= 4 is 17.5 Å². The third-order valence-corrected chi connectivity index (χ3v) is 2.26. The summed E-state index contributed by atoms with van der Waals surface area (Å²) in [6, 6.07) is 4.85. The first-order valence-corrected chi connectivity index (χ1v) is 5.51. The minimum atomic E-state index is -0.488. The average Bonchev–Trinajstić information content (AvgIpc) is 2.27. The summed E-state index contributed by atoms with van der Waals surface area (Å²) in [5, 5.41) is 13.1. The van der Waals surface area contributed by atoms with E-state index in [2.05, 4.69) is 5.32 Å². The van der Waals surface area contributed by atoms with Gasteiger partial charge in [0.1, 0.15) is 12.4 Å². The highest BCUT2D eigenvalue weighted by molar-refractivity contribution is 6.30. The van der Waals surface area contributed by atoms with Gasteiger partial charge in [0.25, 0.3) is 0 Å². The lowest BCUT2D eigenvalue weighted by Crippen LogP contribution is -2.23. The number of carbonyl (C=O) groups excluding carboxylic acids is 1. The van der Waals surface area contributed by atoms with E-state index in [-0.39, 0.29) is 12.4 Å². The minimum Gasteiger partial charge on any atom is -0.508 e. The molecule has 17 heavy (non-hydrogen) atoms. The van der Waals surface area contributed by atoms with E-state index < -0.39 is 5.91 Å². The van der Waals surface area contributed by atoms with Gasteiger partial charge >= 0.3 is 0 Å². The number of halogens is 1. The number of aromatic hydroxyl groups is 1. The van der Waals surface area contributed by atoms with Gasteiger partial charge in [-0.25, -0.2) is 0 Å². The molecule has 0 saturated heterocycles. The van der Waals surface area contributed by atoms with Gasteiger partial charge in [0, 0.05) is 23.7 Å². The zero-order valence-electron chi connectivity index (χ0n) is 9.28. The summed E-state index contributed by atoms with van der Waals surface area (Å²) in [7, 11) is 0. The molecule has 0 aliphatic rings. The van der Waals surface area contributed by atoms with Crippen molar-refractivity contribution in [2.75, 3.05) is 19.8 Å². The predicted molar refractivity (Wildman–Crippen MR) is 64.8 cm³/mol. The molecule has 0 unspecified atom stereocenters. The Morgan fingerprint density at radius 2 is 2.29 bits per heavy atom. The highest BCUT2D eigenvalue weighted by Gasteiger charge is 2.01. The number of phenols is 1. The maximum Gasteiger partial charge on any atom is 0.243 e. The van der Waals surface area contributed by atoms with Crippen LogP contribution in [0.5, 0.6) is 5.75 Å². The summed E-state index contributed by atoms with van der Waals surface area (Å²) in [5.41, 5.74) is 5.62. The van der Waals surface area contributed by atoms with Crippen LogP contribution >= 0.6 is 11.6 Å². The van der Waals surface area contributed by atoms with Crippen LogP contribution < -0.4 is 11.1 Å². The summed E-state index contributed by atoms with van der Waals surface area (Å²) in [4.78, 5) is 10.4. The number of amides is 1. The van der Waals surface area contributed by atoms with Crippen LogP contribution in [-0.4, -0.2) is 30.8 Å². The van der Waals surface area contributed by atoms with Crippen molar-refractivity contribution in [1.29, 1.82) is 0 Å². The maximum atomic E-state index is 10.4. The molecule has 0 heterocycles. The van der Waals surface area contributed by atoms with Gasteiger partial charge in [-0.15, -0.1) is 0 Å². The smallest absolute Gasteiger partial charge is 0.243 e. The highest BCUT2D eigenvalue weighted by Crippen LogP contribution is 2.20. The topological polar surface area (TPSA) is 84.6 Å². The summed E-state index contributed by atoms with van der Waals surface area (Å²) in [6.07, 6.45) is 0. The second-order valence-electron chi connectivity index (χ2n) is 3.47. The van der Waals surface area contributed by atoms with Crippen LogP contribution in [0.1, 0.15) is 5.56 Å². The molecule has 0 atom stereocenters. The van der Waals surface area contributed by atoms with E-state index in [4.69, 9.17) is 22.1 Å². The first kappa shape index (κ1) is 13.8. The third-order valence-electron chi connectivity index (χ3n) is 2.02. The van der Waals surface area contributed by atoms with Gasteiger partial charge in [0.2, 0.25) is 5.91 Å². The van der Waals surface area contributed by atoms with Gasteiger partial charge in [-0.05, 0) is 18.2 Å². The Morgan fingerprint density at radius 3 is 3.00 bits per heavy atom. The van der Waals surface area contributed by atoms with Crippen LogP contribution in [0, 0.1) is 0 Å². The molecule has 0 aliphatic heterocycles. The fraction of sp³-hybridized carbons (Fsp3) is 0.364. The molecule has 0 aliphatic carbocycles. The quantitative estimate of drug-likeness (QED) is 0.627. The van der Waals surface area contributed by atoms with Gasteiger partial charge in [-0.2, -0.15) is 0 Å². The number of primary amides is 1. The van der Waals surface area contributed by atoms with E-state index in [1.54, 1.807) is 18.2 Å². The van der Waals surface area contributed by atoms with Crippen LogP contribution in [0.4, 0.5) is 0 Å². The first-order chi connectivity index (χ1) is 8.09. The number of nitrogens with one attached hydrogen (secondary N) is 1. The van der Waals surface area contributed by atoms with Crippen LogP contribution in [0.25, 0.3) is 0 Å². The van der Waals surface area contributed by atoms with E-state index in [1.807, 2.05) is 0 Å². The Labute approximate surface area is 105 Å². The molecule has 1 aromatic carbocycles. The fourth-order valence-corrected chi connectivity index (χ4v) is 1.43. The normalized spacial score (nSPS) is 10.4. The SMILES string of the molecule is NC(=O)COCCNCc1cc(Cl)ccc1O. The number of nitrogens with two attached hydrogens (primary N) is 1. The minimum absolute atomic E-state index is 0.0793. The summed E-state index contributed by atoms with van der Waals surface area (Å²) < 4.78 is 4.96. The lowest BCUT2D eigenvalue weighted by atomic mass is 10.2. The van der Waals surface area contributed by atoms with Crippen molar-refractivity contribution in [2.24, 2.45) is 5.73 Å². The molecule has 0 saturated carbocycles. The molecule has 0 aromatic heterocycles. The summed E-state index contributed by atoms with van der Waals surface area (Å²) in [6.45, 7) is 1.33. The van der Waals surface area contributed by atoms with Crippen molar-refractivity contribution < 1.29 is 14.6 Å². The largest absolute Gasteiger partial charge is 0.508 e. The van der Waals surface area contributed by atoms with E-state index in [0.717, 1.165) is 0 Å². The van der Waals surface area contributed by atoms with E-state index in [1.165, 1.54) is 0 Å². The Hall–Kier alpha value is -1.30. The number of phenolic OH excluding ortho intramolecular Hbond substituents is 1. The van der Waals surface area contributed by atoms with Crippen molar-refractivity contribution in [3.8, 4) is 5.75 Å². The van der Waals surface area contributed by atoms with Crippen LogP contribution in [0.2, 0.25) is 5.02 Å². The van der Waals surface area contributed by atoms with Crippen molar-refractivity contribution in [2.45, 2.75) is 6.54 Å². The van der Waals surface area contributed by atoms with E-state index in [9.17, 15) is 9.90 Å². The second kappa shape index (κ2) is 7.11. The number of hydrogen-bond donors (Lipinski definition) is 3. The molecular formula is C11H15ClN2O3. The first-order valence-electron chi connectivity index (χ1n) is 5.13. The summed E-state index contributed by atoms with van der Waals surface area (Å²) >= 11 is 5.80. The number of ether oxygens (including phenoxy) is 1. The zero-order chi connectivity index (χ0) is 12.7. The standard InChI is InChI=1S/C11H15ClN2O3/c12-9-1-2-10(15)8(5-9)6-14-3-4-17-7-11(13)16/h1-2,5,14-15H,3-4,6-7H2,(H2,13,16). The number of rotatable bonds is 7. The second-order valence-corrected chi connectivity index (χ2v) is 3.91. The third kappa shape index (κ3) is 5.53. The summed E-state index contributed by atoms with van der Waals surface area (Å²) in [5.74, 6) is -0.294. The molecule has 4 N–H and O–H groups in total. The molecule has 1 rings (SSSR count). The molecule has 0 spiro atoms. The van der Waals surface area contributed by atoms with Crippen molar-refractivity contribution in [3.05, 3.63) is 28.8 Å². The molecule has 5 nitrogen and oxygen atoms in total. The zero-order valence-corrected chi connectivity index (χ0v) is 10.0. The van der Waals surface area contributed by atoms with Gasteiger partial charge in [-0.1, -0.05) is 11.6 Å². The number of hydrogen-bond acceptors (Lipinski definition) is 4. The average molecular weight is 259 g/mol. The maximum absolute atomic E-state index is 10.4. The van der Waals surface area contributed by atoms with Gasteiger partial charge < -0.3 is 20.9 Å². The molecule has 0 radical (unpaired) electrons. The lowest BCUT2D eigenvalue weighted by molar-refractivity contribution is -0.122. The molecule has 1 aromatic rings. The van der Waals surface area contributed by atoms with Crippen LogP contribution in [-0.2, 0) is 16.1 Å². The highest BCUT2D eigenvalue weighted by atomic mass is 35.5. The molecule has 0 fully saturated rings. The van der Waals surface area contributed by atoms with Crippen LogP contribution in [0.15, 0.2) is 18.2 Å². The molecule has 0 bridgehead atoms. The Kier molecular flexibility index (Phi) is 5.76. The Morgan fingerprint density at radius 1 is 1.53 bits per heavy atom. The predicted octanol–water partition coefficient (Wildman–Crippen LogP) is 0.637. The Balaban J connectivity index is 2.22. The fourth-order valence-electron chi connectivity index (χ4n) is 1.24. The van der Waals surface area contributed by atoms with Crippen molar-refractivity contribution in [3.63, 3.8) is 0 Å². The van der Waals surface area contributed by atoms with E-state index in [0.29, 0.717) is 30.3 Å². The monoisotopic (exact) mass is 258 g/mol. The van der Waals surface area contributed by atoms with Gasteiger partial charge in [-0.3, -0.25) is 4.79 Å². The van der Waals surface area contributed by atoms with Gasteiger partial charge in [0.05, 0.1) is 6.61 Å². The van der Waals surface area contributed by atoms with Gasteiger partial charge in [0.15, 0.2) is 0 Å². The molecule has 94 valence electrons. The van der Waals surface area contributed by atoms with Crippen molar-refractivity contribution in [1.82, 2.24) is 5.32 Å². The lowest BCUT2D eigenvalue weighted by Gasteiger charge is -2.07. The van der Waals surface area contributed by atoms with Crippen LogP contribution in [0.3, 0.4) is 0 Å². The Bertz CT molecular complexity index is 385. The number of carbonyl (C=O) groups is 1. The molecule has 1 amide bonds. The molecular weight excluding hydrogens is 244 g/mol.